The predicted molar refractivity (Wildman–Crippen MR) is 90.2 cm³/mol. The molecule has 148 valence electrons. The van der Waals surface area contributed by atoms with Crippen LogP contribution in [0.2, 0.25) is 0 Å². The van der Waals surface area contributed by atoms with Gasteiger partial charge in [0.05, 0.1) is 5.56 Å². The Morgan fingerprint density at radius 3 is 1.73 bits per heavy atom. The van der Waals surface area contributed by atoms with Crippen molar-refractivity contribution in [1.82, 2.24) is 0 Å². The van der Waals surface area contributed by atoms with E-state index in [-0.39, 0.29) is 18.8 Å². The number of halogens is 8. The van der Waals surface area contributed by atoms with Gasteiger partial charge < -0.3 is 0 Å². The minimum atomic E-state index is -4.63. The Hall–Kier alpha value is -2.66. The topological polar surface area (TPSA) is 0 Å². The SMILES string of the molecule is C#CC#CC#CC.CC(C)(C)c1ccc(F)c(C(F)(F)F)c1.F.F.F.F. The van der Waals surface area contributed by atoms with Crippen LogP contribution in [0.5, 0.6) is 0 Å². The van der Waals surface area contributed by atoms with Gasteiger partial charge in [-0.05, 0) is 53.7 Å². The van der Waals surface area contributed by atoms with E-state index in [1.54, 1.807) is 27.7 Å². The summed E-state index contributed by atoms with van der Waals surface area (Å²) in [7, 11) is 0. The van der Waals surface area contributed by atoms with Crippen molar-refractivity contribution in [2.24, 2.45) is 0 Å². The van der Waals surface area contributed by atoms with Gasteiger partial charge >= 0.3 is 6.18 Å². The number of hydrogen-bond acceptors (Lipinski definition) is 0. The van der Waals surface area contributed by atoms with Crippen molar-refractivity contribution in [2.75, 3.05) is 0 Å². The lowest BCUT2D eigenvalue weighted by atomic mass is 9.86. The van der Waals surface area contributed by atoms with Crippen molar-refractivity contribution in [3.05, 3.63) is 35.1 Å². The molecule has 8 heteroatoms. The summed E-state index contributed by atoms with van der Waals surface area (Å²) in [6, 6.07) is 3.11. The highest BCUT2D eigenvalue weighted by molar-refractivity contribution is 5.33. The molecule has 1 aromatic rings. The van der Waals surface area contributed by atoms with Gasteiger partial charge in [-0.25, -0.2) is 4.39 Å². The van der Waals surface area contributed by atoms with Crippen LogP contribution in [0.25, 0.3) is 0 Å². The van der Waals surface area contributed by atoms with Crippen LogP contribution in [-0.2, 0) is 11.6 Å². The average Bonchev–Trinajstić information content (AvgIpc) is 2.38. The van der Waals surface area contributed by atoms with E-state index in [1.807, 2.05) is 0 Å². The Kier molecular flexibility index (Phi) is 19.5. The van der Waals surface area contributed by atoms with Crippen molar-refractivity contribution >= 4 is 0 Å². The highest BCUT2D eigenvalue weighted by Gasteiger charge is 2.35. The molecule has 0 fully saturated rings. The summed E-state index contributed by atoms with van der Waals surface area (Å²) in [6.45, 7) is 7.05. The lowest BCUT2D eigenvalue weighted by Crippen LogP contribution is -2.15. The molecule has 0 saturated carbocycles. The molecule has 1 rings (SSSR count). The first-order valence-electron chi connectivity index (χ1n) is 6.28. The normalized spacial score (nSPS) is 8.42. The van der Waals surface area contributed by atoms with E-state index in [0.29, 0.717) is 5.56 Å². The number of alkyl halides is 3. The lowest BCUT2D eigenvalue weighted by Gasteiger charge is -2.20. The predicted octanol–water partition coefficient (Wildman–Crippen LogP) is 5.40. The van der Waals surface area contributed by atoms with Crippen molar-refractivity contribution in [3.8, 4) is 36.0 Å². The summed E-state index contributed by atoms with van der Waals surface area (Å²) in [6.07, 6.45) is 0.144. The minimum Gasteiger partial charge on any atom is -0.269 e. The fourth-order valence-corrected chi connectivity index (χ4v) is 1.34. The van der Waals surface area contributed by atoms with Gasteiger partial charge in [-0.2, -0.15) is 13.2 Å². The van der Waals surface area contributed by atoms with Crippen molar-refractivity contribution in [2.45, 2.75) is 39.3 Å². The van der Waals surface area contributed by atoms with Gasteiger partial charge in [-0.3, -0.25) is 18.8 Å². The molecule has 0 bridgehead atoms. The van der Waals surface area contributed by atoms with Gasteiger partial charge in [0.2, 0.25) is 0 Å². The fraction of sp³-hybridized carbons (Fsp3) is 0.333. The molecular weight excluding hydrogens is 368 g/mol. The molecule has 0 amide bonds. The zero-order valence-corrected chi connectivity index (χ0v) is 14.5. The van der Waals surface area contributed by atoms with E-state index in [1.165, 1.54) is 6.07 Å². The van der Waals surface area contributed by atoms with Crippen LogP contribution >= 0.6 is 0 Å². The molecule has 1 aromatic carbocycles. The molecule has 0 nitrogen and oxygen atoms in total. The highest BCUT2D eigenvalue weighted by Crippen LogP contribution is 2.34. The van der Waals surface area contributed by atoms with E-state index in [0.717, 1.165) is 12.1 Å². The van der Waals surface area contributed by atoms with Crippen LogP contribution in [0.15, 0.2) is 18.2 Å². The van der Waals surface area contributed by atoms with Gasteiger partial charge in [-0.1, -0.05) is 32.8 Å². The van der Waals surface area contributed by atoms with Gasteiger partial charge in [0, 0.05) is 0 Å². The van der Waals surface area contributed by atoms with E-state index in [4.69, 9.17) is 6.42 Å². The summed E-state index contributed by atoms with van der Waals surface area (Å²) in [5.41, 5.74) is -1.15. The molecule has 26 heavy (non-hydrogen) atoms. The molecule has 0 aliphatic carbocycles. The third-order valence-corrected chi connectivity index (χ3v) is 2.46. The first kappa shape index (κ1) is 34.6. The smallest absolute Gasteiger partial charge is 0.269 e. The van der Waals surface area contributed by atoms with Gasteiger partial charge in [0.25, 0.3) is 0 Å². The first-order valence-corrected chi connectivity index (χ1v) is 6.28. The van der Waals surface area contributed by atoms with Crippen LogP contribution in [0.3, 0.4) is 0 Å². The van der Waals surface area contributed by atoms with Crippen molar-refractivity contribution in [1.29, 1.82) is 0 Å². The first-order chi connectivity index (χ1) is 10.0. The standard InChI is InChI=1S/C11H12F4.C7H4.4FH/c1-10(2,3)7-4-5-9(12)8(6-7)11(13,14)15;1-3-5-7-6-4-2;;;;/h4-6H,1-3H3;1H,2H3;4*1H. The molecule has 0 radical (unpaired) electrons. The third kappa shape index (κ3) is 12.7. The zero-order valence-electron chi connectivity index (χ0n) is 14.5. The Morgan fingerprint density at radius 1 is 0.885 bits per heavy atom. The molecule has 0 spiro atoms. The van der Waals surface area contributed by atoms with Gasteiger partial charge in [-0.15, -0.1) is 6.42 Å². The zero-order chi connectivity index (χ0) is 17.4. The lowest BCUT2D eigenvalue weighted by molar-refractivity contribution is -0.140. The van der Waals surface area contributed by atoms with Crippen LogP contribution in [0, 0.1) is 41.8 Å². The quantitative estimate of drug-likeness (QED) is 0.413. The van der Waals surface area contributed by atoms with Gasteiger partial charge in [0.15, 0.2) is 0 Å². The van der Waals surface area contributed by atoms with Crippen molar-refractivity contribution < 1.29 is 36.4 Å². The summed E-state index contributed by atoms with van der Waals surface area (Å²) in [5.74, 6) is 10.8. The monoisotopic (exact) mass is 388 g/mol. The Labute approximate surface area is 147 Å². The van der Waals surface area contributed by atoms with E-state index >= 15 is 0 Å². The molecule has 0 aliphatic heterocycles. The Balaban J connectivity index is -0.000000118. The average molecular weight is 388 g/mol. The number of benzene rings is 1. The second kappa shape index (κ2) is 14.7. The molecule has 0 atom stereocenters. The largest absolute Gasteiger partial charge is 0.419 e. The summed E-state index contributed by atoms with van der Waals surface area (Å²) >= 11 is 0. The van der Waals surface area contributed by atoms with Gasteiger partial charge in [0.1, 0.15) is 5.82 Å². The molecule has 0 heterocycles. The maximum Gasteiger partial charge on any atom is 0.419 e. The molecule has 0 aromatic heterocycles. The summed E-state index contributed by atoms with van der Waals surface area (Å²) in [5, 5.41) is 0. The third-order valence-electron chi connectivity index (χ3n) is 2.46. The Morgan fingerprint density at radius 2 is 1.38 bits per heavy atom. The molecule has 0 N–H and O–H groups in total. The highest BCUT2D eigenvalue weighted by atomic mass is 19.4. The Bertz CT molecular complexity index is 668. The maximum atomic E-state index is 12.9. The van der Waals surface area contributed by atoms with Crippen LogP contribution in [0.1, 0.15) is 38.8 Å². The van der Waals surface area contributed by atoms with E-state index < -0.39 is 23.0 Å². The van der Waals surface area contributed by atoms with E-state index in [2.05, 4.69) is 29.6 Å². The van der Waals surface area contributed by atoms with E-state index in [9.17, 15) is 17.6 Å². The molecular formula is C18H20F8. The molecule has 0 unspecified atom stereocenters. The summed E-state index contributed by atoms with van der Waals surface area (Å²) < 4.78 is 50.1. The molecule has 0 aliphatic rings. The molecule has 0 saturated heterocycles. The minimum absolute atomic E-state index is 0. The second-order valence-corrected chi connectivity index (χ2v) is 5.21. The van der Waals surface area contributed by atoms with Crippen LogP contribution in [0.4, 0.5) is 36.4 Å². The number of terminal acetylenes is 1. The van der Waals surface area contributed by atoms with Crippen molar-refractivity contribution in [3.63, 3.8) is 0 Å². The number of hydrogen-bond donors (Lipinski definition) is 0. The maximum absolute atomic E-state index is 12.9. The fourth-order valence-electron chi connectivity index (χ4n) is 1.34. The summed E-state index contributed by atoms with van der Waals surface area (Å²) in [4.78, 5) is 0. The van der Waals surface area contributed by atoms with Crippen LogP contribution in [-0.4, -0.2) is 0 Å². The number of rotatable bonds is 0. The van der Waals surface area contributed by atoms with Crippen LogP contribution < -0.4 is 0 Å². The second-order valence-electron chi connectivity index (χ2n) is 5.21.